The summed E-state index contributed by atoms with van der Waals surface area (Å²) in [7, 11) is 0. The molecule has 2 amide bonds. The summed E-state index contributed by atoms with van der Waals surface area (Å²) in [4.78, 5) is 37.2. The molecule has 126 valence electrons. The quantitative estimate of drug-likeness (QED) is 0.682. The number of hydrogen-bond donors (Lipinski definition) is 3. The lowest BCUT2D eigenvalue weighted by molar-refractivity contribution is -0.150. The predicted molar refractivity (Wildman–Crippen MR) is 88.7 cm³/mol. The van der Waals surface area contributed by atoms with Crippen LogP contribution in [0.3, 0.4) is 0 Å². The van der Waals surface area contributed by atoms with Crippen molar-refractivity contribution in [2.24, 2.45) is 5.73 Å². The Kier molecular flexibility index (Phi) is 4.33. The number of thioether (sulfide) groups is 1. The van der Waals surface area contributed by atoms with E-state index < -0.39 is 35.2 Å². The lowest BCUT2D eigenvalue weighted by Gasteiger charge is -2.49. The van der Waals surface area contributed by atoms with Gasteiger partial charge < -0.3 is 16.2 Å². The molecule has 2 heterocycles. The van der Waals surface area contributed by atoms with E-state index in [1.165, 1.54) is 16.7 Å². The van der Waals surface area contributed by atoms with Crippen LogP contribution < -0.4 is 11.1 Å². The highest BCUT2D eigenvalue weighted by Gasteiger charge is 2.53. The fourth-order valence-electron chi connectivity index (χ4n) is 2.83. The number of nitrogens with two attached hydrogens (primary N) is 1. The van der Waals surface area contributed by atoms with Crippen molar-refractivity contribution in [3.63, 3.8) is 0 Å². The summed E-state index contributed by atoms with van der Waals surface area (Å²) in [6, 6.07) is 7.23. The molecule has 0 aromatic heterocycles. The van der Waals surface area contributed by atoms with Gasteiger partial charge in [-0.25, -0.2) is 4.79 Å². The molecular weight excluding hydrogens is 330 g/mol. The van der Waals surface area contributed by atoms with Crippen LogP contribution in [0.5, 0.6) is 0 Å². The topological polar surface area (TPSA) is 113 Å². The fourth-order valence-corrected chi connectivity index (χ4v) is 4.12. The number of carboxylic acids is 1. The third-order valence-corrected chi connectivity index (χ3v) is 5.52. The average molecular weight is 347 g/mol. The van der Waals surface area contributed by atoms with Gasteiger partial charge in [-0.1, -0.05) is 30.3 Å². The van der Waals surface area contributed by atoms with Gasteiger partial charge in [-0.05, 0) is 18.1 Å². The molecule has 8 heteroatoms. The zero-order valence-corrected chi connectivity index (χ0v) is 13.7. The number of carbonyl (C=O) groups excluding carboxylic acids is 2. The minimum Gasteiger partial charge on any atom is -0.477 e. The molecule has 7 nitrogen and oxygen atoms in total. The van der Waals surface area contributed by atoms with E-state index in [4.69, 9.17) is 5.73 Å². The highest BCUT2D eigenvalue weighted by atomic mass is 32.2. The van der Waals surface area contributed by atoms with Crippen LogP contribution >= 0.6 is 11.8 Å². The Bertz CT molecular complexity index is 734. The van der Waals surface area contributed by atoms with Crippen LogP contribution in [0.15, 0.2) is 41.6 Å². The maximum Gasteiger partial charge on any atom is 0.352 e. The van der Waals surface area contributed by atoms with E-state index in [9.17, 15) is 19.5 Å². The van der Waals surface area contributed by atoms with E-state index in [1.54, 1.807) is 31.2 Å². The largest absolute Gasteiger partial charge is 0.477 e. The summed E-state index contributed by atoms with van der Waals surface area (Å²) in [6.07, 6.45) is 0. The second-order valence-electron chi connectivity index (χ2n) is 5.72. The number of nitrogens with one attached hydrogen (secondary N) is 1. The number of fused-ring (bicyclic) bond motifs is 1. The van der Waals surface area contributed by atoms with Crippen molar-refractivity contribution in [3.05, 3.63) is 47.2 Å². The Morgan fingerprint density at radius 1 is 1.38 bits per heavy atom. The van der Waals surface area contributed by atoms with Crippen molar-refractivity contribution in [3.8, 4) is 0 Å². The van der Waals surface area contributed by atoms with Crippen LogP contribution in [0.4, 0.5) is 0 Å². The number of benzene rings is 1. The summed E-state index contributed by atoms with van der Waals surface area (Å²) in [5.74, 6) is -1.50. The molecule has 4 N–H and O–H groups in total. The molecule has 0 spiro atoms. The lowest BCUT2D eigenvalue weighted by Crippen LogP contribution is -2.71. The lowest BCUT2D eigenvalue weighted by atomic mass is 10.0. The van der Waals surface area contributed by atoms with Crippen LogP contribution in [0.1, 0.15) is 18.5 Å². The number of carboxylic acid groups (broad SMARTS) is 1. The highest BCUT2D eigenvalue weighted by molar-refractivity contribution is 8.00. The van der Waals surface area contributed by atoms with Gasteiger partial charge in [0.1, 0.15) is 23.2 Å². The Labute approximate surface area is 142 Å². The van der Waals surface area contributed by atoms with Gasteiger partial charge in [-0.3, -0.25) is 14.5 Å². The SMILES string of the molecule is CC1=C(C(=O)O)N2C(=O)C(NC(=O)C(N)c3ccccc3)[C@H]2SC1. The van der Waals surface area contributed by atoms with Crippen LogP contribution in [0.25, 0.3) is 0 Å². The molecule has 0 aliphatic carbocycles. The minimum absolute atomic E-state index is 0.0154. The smallest absolute Gasteiger partial charge is 0.352 e. The van der Waals surface area contributed by atoms with E-state index >= 15 is 0 Å². The van der Waals surface area contributed by atoms with Gasteiger partial charge in [-0.15, -0.1) is 11.8 Å². The molecule has 0 radical (unpaired) electrons. The zero-order chi connectivity index (χ0) is 17.4. The number of β-lactam (4-membered cyclic amide) rings is 1. The van der Waals surface area contributed by atoms with E-state index in [1.807, 2.05) is 6.07 Å². The molecule has 1 saturated heterocycles. The molecular formula is C16H17N3O4S. The predicted octanol–water partition coefficient (Wildman–Crippen LogP) is 0.445. The summed E-state index contributed by atoms with van der Waals surface area (Å²) in [5.41, 5.74) is 7.24. The molecule has 1 aromatic rings. The molecule has 0 bridgehead atoms. The first-order valence-corrected chi connectivity index (χ1v) is 8.45. The first kappa shape index (κ1) is 16.5. The Balaban J connectivity index is 1.71. The van der Waals surface area contributed by atoms with Crippen molar-refractivity contribution in [1.82, 2.24) is 10.2 Å². The summed E-state index contributed by atoms with van der Waals surface area (Å²) in [6.45, 7) is 1.69. The van der Waals surface area contributed by atoms with Crippen LogP contribution in [0, 0.1) is 0 Å². The number of aliphatic carboxylic acids is 1. The molecule has 3 rings (SSSR count). The Morgan fingerprint density at radius 3 is 2.67 bits per heavy atom. The molecule has 1 aromatic carbocycles. The molecule has 24 heavy (non-hydrogen) atoms. The zero-order valence-electron chi connectivity index (χ0n) is 12.9. The third-order valence-electron chi connectivity index (χ3n) is 4.10. The third kappa shape index (κ3) is 2.67. The van der Waals surface area contributed by atoms with Gasteiger partial charge in [0, 0.05) is 5.75 Å². The second-order valence-corrected chi connectivity index (χ2v) is 6.82. The number of carbonyl (C=O) groups is 3. The molecule has 0 saturated carbocycles. The van der Waals surface area contributed by atoms with Crippen molar-refractivity contribution >= 4 is 29.5 Å². The first-order valence-electron chi connectivity index (χ1n) is 7.40. The van der Waals surface area contributed by atoms with E-state index in [-0.39, 0.29) is 5.70 Å². The van der Waals surface area contributed by atoms with Gasteiger partial charge >= 0.3 is 5.97 Å². The second kappa shape index (κ2) is 6.29. The van der Waals surface area contributed by atoms with Crippen molar-refractivity contribution in [2.45, 2.75) is 24.4 Å². The Hall–Kier alpha value is -2.32. The standard InChI is InChI=1S/C16H17N3O4S/c1-8-7-24-15-11(14(21)19(15)12(8)16(22)23)18-13(20)10(17)9-5-3-2-4-6-9/h2-6,10-11,15H,7,17H2,1H3,(H,18,20)(H,22,23)/t10?,11?,15-/m1/s1. The number of nitrogens with zero attached hydrogens (tertiary/aromatic N) is 1. The monoisotopic (exact) mass is 347 g/mol. The van der Waals surface area contributed by atoms with E-state index in [2.05, 4.69) is 5.32 Å². The summed E-state index contributed by atoms with van der Waals surface area (Å²) in [5, 5.41) is 11.5. The van der Waals surface area contributed by atoms with Gasteiger partial charge in [0.15, 0.2) is 0 Å². The number of hydrogen-bond acceptors (Lipinski definition) is 5. The number of amides is 2. The maximum absolute atomic E-state index is 12.3. The number of rotatable bonds is 4. The van der Waals surface area contributed by atoms with Gasteiger partial charge in [0.05, 0.1) is 0 Å². The van der Waals surface area contributed by atoms with Gasteiger partial charge in [0.2, 0.25) is 5.91 Å². The molecule has 2 aliphatic heterocycles. The van der Waals surface area contributed by atoms with Crippen molar-refractivity contribution in [1.29, 1.82) is 0 Å². The van der Waals surface area contributed by atoms with Gasteiger partial charge in [-0.2, -0.15) is 0 Å². The summed E-state index contributed by atoms with van der Waals surface area (Å²) < 4.78 is 0. The Morgan fingerprint density at radius 2 is 2.04 bits per heavy atom. The normalized spacial score (nSPS) is 24.1. The maximum atomic E-state index is 12.3. The van der Waals surface area contributed by atoms with Crippen molar-refractivity contribution < 1.29 is 19.5 Å². The average Bonchev–Trinajstić information content (AvgIpc) is 2.59. The minimum atomic E-state index is -1.13. The molecule has 2 unspecified atom stereocenters. The van der Waals surface area contributed by atoms with E-state index in [0.29, 0.717) is 16.9 Å². The molecule has 2 aliphatic rings. The van der Waals surface area contributed by atoms with Crippen LogP contribution in [-0.4, -0.2) is 45.0 Å². The van der Waals surface area contributed by atoms with Crippen LogP contribution in [0.2, 0.25) is 0 Å². The van der Waals surface area contributed by atoms with E-state index in [0.717, 1.165) is 0 Å². The first-order chi connectivity index (χ1) is 11.4. The molecule has 1 fully saturated rings. The highest BCUT2D eigenvalue weighted by Crippen LogP contribution is 2.40. The fraction of sp³-hybridized carbons (Fsp3) is 0.312. The summed E-state index contributed by atoms with van der Waals surface area (Å²) >= 11 is 1.43. The van der Waals surface area contributed by atoms with Crippen LogP contribution in [-0.2, 0) is 14.4 Å². The van der Waals surface area contributed by atoms with Gasteiger partial charge in [0.25, 0.3) is 5.91 Å². The van der Waals surface area contributed by atoms with Crippen molar-refractivity contribution in [2.75, 3.05) is 5.75 Å². The molecule has 3 atom stereocenters.